The van der Waals surface area contributed by atoms with Crippen LogP contribution in [-0.2, 0) is 11.2 Å². The summed E-state index contributed by atoms with van der Waals surface area (Å²) in [5.74, 6) is 0.141. The molecular weight excluding hydrogens is 270 g/mol. The molecule has 2 nitrogen and oxygen atoms in total. The summed E-state index contributed by atoms with van der Waals surface area (Å²) >= 11 is 0. The van der Waals surface area contributed by atoms with E-state index in [4.69, 9.17) is 0 Å². The third-order valence-corrected chi connectivity index (χ3v) is 3.99. The fourth-order valence-electron chi connectivity index (χ4n) is 2.53. The second kappa shape index (κ2) is 8.38. The second-order valence-electron chi connectivity index (χ2n) is 5.80. The molecule has 22 heavy (non-hydrogen) atoms. The van der Waals surface area contributed by atoms with Crippen molar-refractivity contribution in [3.63, 3.8) is 0 Å². The maximum Gasteiger partial charge on any atom is 0.219 e. The van der Waals surface area contributed by atoms with Crippen LogP contribution >= 0.6 is 0 Å². The molecule has 2 heteroatoms. The van der Waals surface area contributed by atoms with Gasteiger partial charge >= 0.3 is 0 Å². The number of nitrogens with one attached hydrogen (secondary N) is 1. The average molecular weight is 295 g/mol. The molecule has 2 aromatic carbocycles. The highest BCUT2D eigenvalue weighted by molar-refractivity contribution is 5.75. The maximum atomic E-state index is 11.1. The predicted molar refractivity (Wildman–Crippen MR) is 92.9 cm³/mol. The summed E-state index contributed by atoms with van der Waals surface area (Å²) in [6.45, 7) is 2.11. The Labute approximate surface area is 133 Å². The normalized spacial score (nSPS) is 10.5. The lowest BCUT2D eigenvalue weighted by molar-refractivity contribution is -0.120. The van der Waals surface area contributed by atoms with Crippen LogP contribution in [0.2, 0.25) is 0 Å². The van der Waals surface area contributed by atoms with Gasteiger partial charge in [-0.3, -0.25) is 4.79 Å². The SMILES string of the molecule is CNC(=O)CCCCCc1ccc(-c2ccc(C)cc2)cc1. The van der Waals surface area contributed by atoms with Gasteiger partial charge in [0.1, 0.15) is 0 Å². The smallest absolute Gasteiger partial charge is 0.219 e. The number of hydrogen-bond donors (Lipinski definition) is 1. The number of benzene rings is 2. The number of aryl methyl sites for hydroxylation is 2. The average Bonchev–Trinajstić information content (AvgIpc) is 2.55. The number of amides is 1. The van der Waals surface area contributed by atoms with Crippen LogP contribution in [0, 0.1) is 6.92 Å². The lowest BCUT2D eigenvalue weighted by atomic mass is 10.0. The maximum absolute atomic E-state index is 11.1. The summed E-state index contributed by atoms with van der Waals surface area (Å²) in [5.41, 5.74) is 5.19. The fraction of sp³-hybridized carbons (Fsp3) is 0.350. The summed E-state index contributed by atoms with van der Waals surface area (Å²) in [4.78, 5) is 11.1. The van der Waals surface area contributed by atoms with E-state index in [1.165, 1.54) is 22.3 Å². The van der Waals surface area contributed by atoms with Crippen molar-refractivity contribution in [2.45, 2.75) is 39.0 Å². The largest absolute Gasteiger partial charge is 0.359 e. The Morgan fingerprint density at radius 3 is 2.05 bits per heavy atom. The van der Waals surface area contributed by atoms with Gasteiger partial charge in [-0.25, -0.2) is 0 Å². The van der Waals surface area contributed by atoms with E-state index in [1.807, 2.05) is 0 Å². The minimum absolute atomic E-state index is 0.141. The van der Waals surface area contributed by atoms with Crippen molar-refractivity contribution >= 4 is 5.91 Å². The van der Waals surface area contributed by atoms with Gasteiger partial charge in [0.25, 0.3) is 0 Å². The molecule has 0 bridgehead atoms. The van der Waals surface area contributed by atoms with Crippen molar-refractivity contribution in [3.8, 4) is 11.1 Å². The van der Waals surface area contributed by atoms with Crippen molar-refractivity contribution in [1.29, 1.82) is 0 Å². The molecule has 1 amide bonds. The molecule has 0 atom stereocenters. The standard InChI is InChI=1S/C20H25NO/c1-16-8-12-18(13-9-16)19-14-10-17(11-15-19)6-4-3-5-7-20(22)21-2/h8-15H,3-7H2,1-2H3,(H,21,22). The minimum Gasteiger partial charge on any atom is -0.359 e. The number of carbonyl (C=O) groups is 1. The van der Waals surface area contributed by atoms with E-state index in [9.17, 15) is 4.79 Å². The Balaban J connectivity index is 1.79. The van der Waals surface area contributed by atoms with Crippen molar-refractivity contribution in [2.24, 2.45) is 0 Å². The van der Waals surface area contributed by atoms with Gasteiger partial charge in [-0.05, 0) is 42.9 Å². The van der Waals surface area contributed by atoms with E-state index >= 15 is 0 Å². The van der Waals surface area contributed by atoms with Crippen molar-refractivity contribution in [2.75, 3.05) is 7.05 Å². The molecular formula is C20H25NO. The monoisotopic (exact) mass is 295 g/mol. The highest BCUT2D eigenvalue weighted by Gasteiger charge is 2.00. The van der Waals surface area contributed by atoms with Crippen LogP contribution in [-0.4, -0.2) is 13.0 Å². The van der Waals surface area contributed by atoms with Crippen LogP contribution in [0.5, 0.6) is 0 Å². The summed E-state index contributed by atoms with van der Waals surface area (Å²) in [7, 11) is 1.69. The molecule has 0 radical (unpaired) electrons. The predicted octanol–water partition coefficient (Wildman–Crippen LogP) is 4.51. The first-order valence-corrected chi connectivity index (χ1v) is 8.05. The number of carbonyl (C=O) groups excluding carboxylic acids is 1. The molecule has 0 unspecified atom stereocenters. The first kappa shape index (κ1) is 16.3. The van der Waals surface area contributed by atoms with E-state index in [-0.39, 0.29) is 5.91 Å². The zero-order valence-electron chi connectivity index (χ0n) is 13.6. The van der Waals surface area contributed by atoms with Crippen LogP contribution in [0.3, 0.4) is 0 Å². The molecule has 2 aromatic rings. The van der Waals surface area contributed by atoms with Gasteiger partial charge in [0, 0.05) is 13.5 Å². The Morgan fingerprint density at radius 1 is 0.864 bits per heavy atom. The van der Waals surface area contributed by atoms with Crippen LogP contribution in [0.25, 0.3) is 11.1 Å². The molecule has 0 saturated heterocycles. The van der Waals surface area contributed by atoms with Gasteiger partial charge in [0.05, 0.1) is 0 Å². The molecule has 0 aliphatic rings. The molecule has 0 aromatic heterocycles. The van der Waals surface area contributed by atoms with E-state index in [0.717, 1.165) is 25.7 Å². The number of unbranched alkanes of at least 4 members (excludes halogenated alkanes) is 2. The molecule has 0 aliphatic heterocycles. The van der Waals surface area contributed by atoms with Gasteiger partial charge < -0.3 is 5.32 Å². The van der Waals surface area contributed by atoms with Gasteiger partial charge in [0.2, 0.25) is 5.91 Å². The summed E-state index contributed by atoms with van der Waals surface area (Å²) in [6, 6.07) is 17.5. The molecule has 0 aliphatic carbocycles. The van der Waals surface area contributed by atoms with E-state index < -0.39 is 0 Å². The number of hydrogen-bond acceptors (Lipinski definition) is 1. The third-order valence-electron chi connectivity index (χ3n) is 3.99. The zero-order valence-corrected chi connectivity index (χ0v) is 13.6. The van der Waals surface area contributed by atoms with Gasteiger partial charge in [-0.15, -0.1) is 0 Å². The summed E-state index contributed by atoms with van der Waals surface area (Å²) in [5, 5.41) is 2.66. The van der Waals surface area contributed by atoms with E-state index in [0.29, 0.717) is 6.42 Å². The molecule has 116 valence electrons. The molecule has 0 fully saturated rings. The summed E-state index contributed by atoms with van der Waals surface area (Å²) < 4.78 is 0. The van der Waals surface area contributed by atoms with Crippen LogP contribution in [0.4, 0.5) is 0 Å². The second-order valence-corrected chi connectivity index (χ2v) is 5.80. The first-order valence-electron chi connectivity index (χ1n) is 8.05. The molecule has 0 heterocycles. The third kappa shape index (κ3) is 5.03. The van der Waals surface area contributed by atoms with Crippen LogP contribution in [0.15, 0.2) is 48.5 Å². The van der Waals surface area contributed by atoms with Crippen molar-refractivity contribution in [1.82, 2.24) is 5.32 Å². The van der Waals surface area contributed by atoms with Crippen molar-refractivity contribution in [3.05, 3.63) is 59.7 Å². The fourth-order valence-corrected chi connectivity index (χ4v) is 2.53. The first-order chi connectivity index (χ1) is 10.7. The highest BCUT2D eigenvalue weighted by Crippen LogP contribution is 2.21. The topological polar surface area (TPSA) is 29.1 Å². The Bertz CT molecular complexity index is 584. The van der Waals surface area contributed by atoms with Gasteiger partial charge in [0.15, 0.2) is 0 Å². The Kier molecular flexibility index (Phi) is 6.20. The van der Waals surface area contributed by atoms with Gasteiger partial charge in [-0.1, -0.05) is 60.5 Å². The zero-order chi connectivity index (χ0) is 15.8. The molecule has 2 rings (SSSR count). The van der Waals surface area contributed by atoms with Crippen molar-refractivity contribution < 1.29 is 4.79 Å². The Morgan fingerprint density at radius 2 is 1.45 bits per heavy atom. The molecule has 1 N–H and O–H groups in total. The number of rotatable bonds is 7. The lowest BCUT2D eigenvalue weighted by Gasteiger charge is -2.05. The molecule has 0 saturated carbocycles. The van der Waals surface area contributed by atoms with E-state index in [2.05, 4.69) is 60.8 Å². The lowest BCUT2D eigenvalue weighted by Crippen LogP contribution is -2.16. The van der Waals surface area contributed by atoms with Gasteiger partial charge in [-0.2, -0.15) is 0 Å². The highest BCUT2D eigenvalue weighted by atomic mass is 16.1. The summed E-state index contributed by atoms with van der Waals surface area (Å²) in [6.07, 6.45) is 4.94. The van der Waals surface area contributed by atoms with Crippen LogP contribution < -0.4 is 5.32 Å². The van der Waals surface area contributed by atoms with E-state index in [1.54, 1.807) is 7.05 Å². The quantitative estimate of drug-likeness (QED) is 0.748. The minimum atomic E-state index is 0.141. The Hall–Kier alpha value is -2.09. The molecule has 0 spiro atoms. The van der Waals surface area contributed by atoms with Crippen LogP contribution in [0.1, 0.15) is 36.8 Å².